The lowest BCUT2D eigenvalue weighted by molar-refractivity contribution is 0.284. The third-order valence-corrected chi connectivity index (χ3v) is 3.56. The van der Waals surface area contributed by atoms with Crippen LogP contribution in [0.4, 0.5) is 0 Å². The fraction of sp³-hybridized carbons (Fsp3) is 0.222. The highest BCUT2D eigenvalue weighted by Crippen LogP contribution is 2.29. The van der Waals surface area contributed by atoms with E-state index in [0.29, 0.717) is 23.1 Å². The number of rotatable bonds is 8. The Morgan fingerprint density at radius 1 is 1.17 bits per heavy atom. The first kappa shape index (κ1) is 19.4. The van der Waals surface area contributed by atoms with Crippen molar-refractivity contribution in [2.45, 2.75) is 13.2 Å². The normalized spacial score (nSPS) is 9.83. The van der Waals surface area contributed by atoms with Gasteiger partial charge in [-0.3, -0.25) is 0 Å². The molecule has 0 radical (unpaired) electrons. The Hall–Kier alpha value is -1.68. The van der Waals surface area contributed by atoms with Crippen molar-refractivity contribution in [3.05, 3.63) is 71.3 Å². The minimum absolute atomic E-state index is 0. The Morgan fingerprint density at radius 2 is 1.96 bits per heavy atom. The molecule has 0 bridgehead atoms. The second-order valence-electron chi connectivity index (χ2n) is 4.78. The molecule has 124 valence electrons. The summed E-state index contributed by atoms with van der Waals surface area (Å²) in [5.41, 5.74) is 2.08. The van der Waals surface area contributed by atoms with Gasteiger partial charge < -0.3 is 14.8 Å². The predicted molar refractivity (Wildman–Crippen MR) is 97.9 cm³/mol. The van der Waals surface area contributed by atoms with Gasteiger partial charge >= 0.3 is 0 Å². The van der Waals surface area contributed by atoms with Crippen molar-refractivity contribution in [3.8, 4) is 11.5 Å². The van der Waals surface area contributed by atoms with E-state index >= 15 is 0 Å². The molecule has 0 atom stereocenters. The largest absolute Gasteiger partial charge is 0.493 e. The molecule has 0 amide bonds. The Kier molecular flexibility index (Phi) is 8.56. The zero-order chi connectivity index (χ0) is 15.8. The van der Waals surface area contributed by atoms with E-state index in [1.807, 2.05) is 48.5 Å². The van der Waals surface area contributed by atoms with Gasteiger partial charge in [-0.25, -0.2) is 0 Å². The molecule has 5 heteroatoms. The van der Waals surface area contributed by atoms with E-state index in [1.54, 1.807) is 7.11 Å². The third kappa shape index (κ3) is 5.79. The van der Waals surface area contributed by atoms with Gasteiger partial charge in [-0.2, -0.15) is 0 Å². The molecule has 23 heavy (non-hydrogen) atoms. The number of halogens is 2. The maximum atomic E-state index is 6.13. The molecule has 0 heterocycles. The van der Waals surface area contributed by atoms with Gasteiger partial charge in [0.1, 0.15) is 6.61 Å². The minimum atomic E-state index is 0. The molecule has 0 aromatic heterocycles. The fourth-order valence-corrected chi connectivity index (χ4v) is 2.22. The van der Waals surface area contributed by atoms with E-state index in [-0.39, 0.29) is 12.4 Å². The quantitative estimate of drug-likeness (QED) is 0.554. The van der Waals surface area contributed by atoms with Crippen molar-refractivity contribution >= 4 is 24.0 Å². The first-order valence-corrected chi connectivity index (χ1v) is 7.47. The lowest BCUT2D eigenvalue weighted by atomic mass is 10.2. The first-order chi connectivity index (χ1) is 10.7. The first-order valence-electron chi connectivity index (χ1n) is 7.09. The summed E-state index contributed by atoms with van der Waals surface area (Å²) in [6, 6.07) is 13.5. The topological polar surface area (TPSA) is 30.5 Å². The van der Waals surface area contributed by atoms with Crippen molar-refractivity contribution in [1.82, 2.24) is 5.32 Å². The summed E-state index contributed by atoms with van der Waals surface area (Å²) in [6.07, 6.45) is 1.83. The monoisotopic (exact) mass is 353 g/mol. The molecule has 0 spiro atoms. The SMILES string of the molecule is C=CCNCc1ccc(OCc2ccccc2Cl)c(OC)c1.Cl. The van der Waals surface area contributed by atoms with Crippen LogP contribution in [-0.2, 0) is 13.2 Å². The van der Waals surface area contributed by atoms with E-state index in [0.717, 1.165) is 24.2 Å². The van der Waals surface area contributed by atoms with Crippen LogP contribution in [0.5, 0.6) is 11.5 Å². The second kappa shape index (κ2) is 10.2. The molecule has 2 aromatic rings. The second-order valence-corrected chi connectivity index (χ2v) is 5.19. The van der Waals surface area contributed by atoms with Crippen LogP contribution >= 0.6 is 24.0 Å². The third-order valence-electron chi connectivity index (χ3n) is 3.19. The minimum Gasteiger partial charge on any atom is -0.493 e. The van der Waals surface area contributed by atoms with E-state index in [2.05, 4.69) is 11.9 Å². The van der Waals surface area contributed by atoms with Gasteiger partial charge in [0.15, 0.2) is 11.5 Å². The van der Waals surface area contributed by atoms with Gasteiger partial charge in [-0.1, -0.05) is 41.9 Å². The summed E-state index contributed by atoms with van der Waals surface area (Å²) in [4.78, 5) is 0. The average Bonchev–Trinajstić information content (AvgIpc) is 2.55. The van der Waals surface area contributed by atoms with Crippen LogP contribution in [0.2, 0.25) is 5.02 Å². The summed E-state index contributed by atoms with van der Waals surface area (Å²) < 4.78 is 11.2. The zero-order valence-electron chi connectivity index (χ0n) is 13.0. The van der Waals surface area contributed by atoms with Crippen molar-refractivity contribution in [1.29, 1.82) is 0 Å². The summed E-state index contributed by atoms with van der Waals surface area (Å²) in [6.45, 7) is 5.62. The van der Waals surface area contributed by atoms with Crippen molar-refractivity contribution < 1.29 is 9.47 Å². The Bertz CT molecular complexity index is 632. The number of methoxy groups -OCH3 is 1. The van der Waals surface area contributed by atoms with Gasteiger partial charge in [0.2, 0.25) is 0 Å². The van der Waals surface area contributed by atoms with Crippen LogP contribution in [0.3, 0.4) is 0 Å². The van der Waals surface area contributed by atoms with E-state index in [9.17, 15) is 0 Å². The molecule has 0 unspecified atom stereocenters. The lowest BCUT2D eigenvalue weighted by Gasteiger charge is -2.13. The van der Waals surface area contributed by atoms with Gasteiger partial charge in [0, 0.05) is 23.7 Å². The molecule has 2 rings (SSSR count). The highest BCUT2D eigenvalue weighted by atomic mass is 35.5. The summed E-state index contributed by atoms with van der Waals surface area (Å²) in [5, 5.41) is 3.96. The van der Waals surface area contributed by atoms with Crippen LogP contribution in [-0.4, -0.2) is 13.7 Å². The molecule has 2 aromatic carbocycles. The van der Waals surface area contributed by atoms with Crippen LogP contribution < -0.4 is 14.8 Å². The van der Waals surface area contributed by atoms with Gasteiger partial charge in [-0.15, -0.1) is 19.0 Å². The summed E-state index contributed by atoms with van der Waals surface area (Å²) >= 11 is 6.13. The number of benzene rings is 2. The van der Waals surface area contributed by atoms with Gasteiger partial charge in [0.05, 0.1) is 7.11 Å². The Labute approximate surface area is 148 Å². The standard InChI is InChI=1S/C18H20ClNO2.ClH/c1-3-10-20-12-14-8-9-17(18(11-14)21-2)22-13-15-6-4-5-7-16(15)19;/h3-9,11,20H,1,10,12-13H2,2H3;1H. The summed E-state index contributed by atoms with van der Waals surface area (Å²) in [5.74, 6) is 1.42. The molecule has 1 N–H and O–H groups in total. The number of nitrogens with one attached hydrogen (secondary N) is 1. The molecule has 0 aliphatic heterocycles. The van der Waals surface area contributed by atoms with Gasteiger partial charge in [-0.05, 0) is 23.8 Å². The zero-order valence-corrected chi connectivity index (χ0v) is 14.6. The van der Waals surface area contributed by atoms with Crippen molar-refractivity contribution in [2.75, 3.05) is 13.7 Å². The van der Waals surface area contributed by atoms with Crippen LogP contribution in [0.1, 0.15) is 11.1 Å². The maximum Gasteiger partial charge on any atom is 0.161 e. The smallest absolute Gasteiger partial charge is 0.161 e. The molecule has 0 aliphatic rings. The van der Waals surface area contributed by atoms with E-state index < -0.39 is 0 Å². The summed E-state index contributed by atoms with van der Waals surface area (Å²) in [7, 11) is 1.64. The number of ether oxygens (including phenoxy) is 2. The number of hydrogen-bond donors (Lipinski definition) is 1. The fourth-order valence-electron chi connectivity index (χ4n) is 2.03. The molecule has 0 saturated heterocycles. The van der Waals surface area contributed by atoms with Crippen molar-refractivity contribution in [2.24, 2.45) is 0 Å². The predicted octanol–water partition coefficient (Wildman–Crippen LogP) is 4.63. The Morgan fingerprint density at radius 3 is 2.65 bits per heavy atom. The highest BCUT2D eigenvalue weighted by Gasteiger charge is 2.07. The highest BCUT2D eigenvalue weighted by molar-refractivity contribution is 6.31. The van der Waals surface area contributed by atoms with E-state index in [4.69, 9.17) is 21.1 Å². The molecular weight excluding hydrogens is 333 g/mol. The van der Waals surface area contributed by atoms with Crippen LogP contribution in [0.25, 0.3) is 0 Å². The van der Waals surface area contributed by atoms with Gasteiger partial charge in [0.25, 0.3) is 0 Å². The van der Waals surface area contributed by atoms with Crippen molar-refractivity contribution in [3.63, 3.8) is 0 Å². The lowest BCUT2D eigenvalue weighted by Crippen LogP contribution is -2.12. The molecule has 3 nitrogen and oxygen atoms in total. The molecule has 0 saturated carbocycles. The van der Waals surface area contributed by atoms with Crippen LogP contribution in [0.15, 0.2) is 55.1 Å². The van der Waals surface area contributed by atoms with Crippen LogP contribution in [0, 0.1) is 0 Å². The average molecular weight is 354 g/mol. The maximum absolute atomic E-state index is 6.13. The molecular formula is C18H21Cl2NO2. The molecule has 0 aliphatic carbocycles. The molecule has 0 fully saturated rings. The Balaban J connectivity index is 0.00000264. The number of hydrogen-bond acceptors (Lipinski definition) is 3. The van der Waals surface area contributed by atoms with E-state index in [1.165, 1.54) is 0 Å².